The molecule has 0 spiro atoms. The van der Waals surface area contributed by atoms with Crippen LogP contribution in [0.1, 0.15) is 54.1 Å². The Labute approximate surface area is 164 Å². The van der Waals surface area contributed by atoms with Gasteiger partial charge >= 0.3 is 0 Å². The van der Waals surface area contributed by atoms with Crippen molar-refractivity contribution in [3.63, 3.8) is 0 Å². The highest BCUT2D eigenvalue weighted by Crippen LogP contribution is 2.31. The van der Waals surface area contributed by atoms with Gasteiger partial charge < -0.3 is 14.6 Å². The van der Waals surface area contributed by atoms with E-state index in [4.69, 9.17) is 4.74 Å². The first-order valence-corrected chi connectivity index (χ1v) is 9.99. The summed E-state index contributed by atoms with van der Waals surface area (Å²) in [4.78, 5) is 21.5. The van der Waals surface area contributed by atoms with Gasteiger partial charge in [-0.1, -0.05) is 31.0 Å². The maximum absolute atomic E-state index is 12.5. The Morgan fingerprint density at radius 1 is 1.25 bits per heavy atom. The summed E-state index contributed by atoms with van der Waals surface area (Å²) in [6, 6.07) is 10.3. The summed E-state index contributed by atoms with van der Waals surface area (Å²) in [7, 11) is 1.68. The van der Waals surface area contributed by atoms with Crippen molar-refractivity contribution in [3.8, 4) is 5.75 Å². The van der Waals surface area contributed by atoms with E-state index < -0.39 is 0 Å². The van der Waals surface area contributed by atoms with Crippen LogP contribution in [0.3, 0.4) is 0 Å². The van der Waals surface area contributed by atoms with Crippen LogP contribution < -0.4 is 10.1 Å². The number of para-hydroxylation sites is 1. The molecule has 28 heavy (non-hydrogen) atoms. The number of fused-ring (bicyclic) bond motifs is 1. The maximum atomic E-state index is 12.5. The number of ether oxygens (including phenoxy) is 1. The molecule has 0 unspecified atom stereocenters. The average Bonchev–Trinajstić information content (AvgIpc) is 3.40. The molecular weight excluding hydrogens is 352 g/mol. The van der Waals surface area contributed by atoms with Crippen molar-refractivity contribution in [1.29, 1.82) is 0 Å². The molecule has 1 aliphatic rings. The van der Waals surface area contributed by atoms with E-state index in [1.807, 2.05) is 30.6 Å². The third-order valence-electron chi connectivity index (χ3n) is 5.49. The van der Waals surface area contributed by atoms with Crippen LogP contribution >= 0.6 is 0 Å². The van der Waals surface area contributed by atoms with Crippen molar-refractivity contribution < 1.29 is 9.53 Å². The molecule has 2 heterocycles. The lowest BCUT2D eigenvalue weighted by atomic mass is 10.1. The van der Waals surface area contributed by atoms with Gasteiger partial charge in [-0.3, -0.25) is 4.79 Å². The normalized spacial score (nSPS) is 14.5. The second-order valence-electron chi connectivity index (χ2n) is 7.33. The molecule has 1 fully saturated rings. The first-order valence-electron chi connectivity index (χ1n) is 9.99. The first-order chi connectivity index (χ1) is 13.8. The van der Waals surface area contributed by atoms with E-state index in [1.165, 1.54) is 25.7 Å². The number of benzene rings is 1. The monoisotopic (exact) mass is 378 g/mol. The Balaban J connectivity index is 1.35. The number of nitrogens with one attached hydrogen (secondary N) is 1. The van der Waals surface area contributed by atoms with Crippen molar-refractivity contribution in [3.05, 3.63) is 54.0 Å². The molecule has 146 valence electrons. The Morgan fingerprint density at radius 2 is 2.07 bits per heavy atom. The number of methoxy groups -OCH3 is 1. The van der Waals surface area contributed by atoms with Crippen molar-refractivity contribution >= 4 is 17.1 Å². The van der Waals surface area contributed by atoms with Crippen LogP contribution in [-0.2, 0) is 6.42 Å². The summed E-state index contributed by atoms with van der Waals surface area (Å²) in [6.45, 7) is 0.603. The Kier molecular flexibility index (Phi) is 5.55. The molecule has 0 radical (unpaired) electrons. The number of hydrogen-bond donors (Lipinski definition) is 1. The molecule has 0 saturated heterocycles. The van der Waals surface area contributed by atoms with Gasteiger partial charge in [0.1, 0.15) is 11.3 Å². The zero-order valence-electron chi connectivity index (χ0n) is 16.2. The molecule has 6 nitrogen and oxygen atoms in total. The van der Waals surface area contributed by atoms with Crippen LogP contribution in [-0.4, -0.2) is 34.1 Å². The van der Waals surface area contributed by atoms with Gasteiger partial charge in [0.2, 0.25) is 0 Å². The number of carbonyl (C=O) groups excluding carboxylic acids is 1. The minimum atomic E-state index is -0.107. The smallest absolute Gasteiger partial charge is 0.252 e. The molecule has 0 atom stereocenters. The van der Waals surface area contributed by atoms with Crippen LogP contribution in [0.5, 0.6) is 5.75 Å². The highest BCUT2D eigenvalue weighted by atomic mass is 16.5. The second-order valence-corrected chi connectivity index (χ2v) is 7.33. The minimum Gasteiger partial charge on any atom is -0.496 e. The summed E-state index contributed by atoms with van der Waals surface area (Å²) in [5.74, 6) is 0.783. The van der Waals surface area contributed by atoms with Crippen molar-refractivity contribution in [2.45, 2.75) is 44.6 Å². The quantitative estimate of drug-likeness (QED) is 0.633. The van der Waals surface area contributed by atoms with Gasteiger partial charge in [0.05, 0.1) is 19.0 Å². The van der Waals surface area contributed by atoms with E-state index in [0.29, 0.717) is 18.2 Å². The molecule has 1 N–H and O–H groups in total. The molecule has 0 aliphatic heterocycles. The Bertz CT molecular complexity index is 960. The Hall–Kier alpha value is -2.89. The molecule has 1 aromatic carbocycles. The molecule has 1 amide bonds. The predicted molar refractivity (Wildman–Crippen MR) is 109 cm³/mol. The molecule has 0 bridgehead atoms. The van der Waals surface area contributed by atoms with Crippen molar-refractivity contribution in [2.75, 3.05) is 13.7 Å². The summed E-state index contributed by atoms with van der Waals surface area (Å²) < 4.78 is 7.53. The zero-order valence-corrected chi connectivity index (χ0v) is 16.2. The van der Waals surface area contributed by atoms with E-state index in [9.17, 15) is 4.79 Å². The largest absolute Gasteiger partial charge is 0.496 e. The maximum Gasteiger partial charge on any atom is 0.252 e. The third kappa shape index (κ3) is 3.86. The summed E-state index contributed by atoms with van der Waals surface area (Å²) in [5, 5.41) is 2.98. The number of amides is 1. The van der Waals surface area contributed by atoms with Crippen LogP contribution in [0, 0.1) is 0 Å². The fourth-order valence-electron chi connectivity index (χ4n) is 3.99. The standard InChI is InChI=1S/C22H26N4O2/c1-28-20-11-5-2-7-16(20)8-6-12-23-22(27)17-13-19-21(24-14-17)26(15-25-19)18-9-3-4-10-18/h2,5,7,11,13-15,18H,3-4,6,8-10,12H2,1H3,(H,23,27). The second kappa shape index (κ2) is 8.42. The van der Waals surface area contributed by atoms with Gasteiger partial charge in [-0.15, -0.1) is 0 Å². The van der Waals surface area contributed by atoms with Crippen LogP contribution in [0.25, 0.3) is 11.2 Å². The number of aryl methyl sites for hydroxylation is 1. The molecule has 1 saturated carbocycles. The average molecular weight is 378 g/mol. The lowest BCUT2D eigenvalue weighted by Gasteiger charge is -2.11. The topological polar surface area (TPSA) is 69.0 Å². The van der Waals surface area contributed by atoms with Crippen LogP contribution in [0.15, 0.2) is 42.9 Å². The number of nitrogens with zero attached hydrogens (tertiary/aromatic N) is 3. The number of rotatable bonds is 7. The van der Waals surface area contributed by atoms with Gasteiger partial charge in [-0.25, -0.2) is 9.97 Å². The lowest BCUT2D eigenvalue weighted by molar-refractivity contribution is 0.0953. The predicted octanol–water partition coefficient (Wildman–Crippen LogP) is 3.92. The van der Waals surface area contributed by atoms with Crippen LogP contribution in [0.4, 0.5) is 0 Å². The summed E-state index contributed by atoms with van der Waals surface area (Å²) in [6.07, 6.45) is 10.1. The van der Waals surface area contributed by atoms with E-state index >= 15 is 0 Å². The lowest BCUT2D eigenvalue weighted by Crippen LogP contribution is -2.25. The fourth-order valence-corrected chi connectivity index (χ4v) is 3.99. The van der Waals surface area contributed by atoms with E-state index in [1.54, 1.807) is 13.3 Å². The number of imidazole rings is 1. The van der Waals surface area contributed by atoms with E-state index in [-0.39, 0.29) is 5.91 Å². The third-order valence-corrected chi connectivity index (χ3v) is 5.49. The molecule has 3 aromatic rings. The number of hydrogen-bond acceptors (Lipinski definition) is 4. The molecular formula is C22H26N4O2. The molecule has 1 aliphatic carbocycles. The SMILES string of the molecule is COc1ccccc1CCCNC(=O)c1cnc2c(c1)ncn2C1CCCC1. The number of aromatic nitrogens is 3. The molecule has 2 aromatic heterocycles. The highest BCUT2D eigenvalue weighted by molar-refractivity contribution is 5.96. The van der Waals surface area contributed by atoms with Crippen molar-refractivity contribution in [2.24, 2.45) is 0 Å². The van der Waals surface area contributed by atoms with Gasteiger partial charge in [-0.2, -0.15) is 0 Å². The van der Waals surface area contributed by atoms with Gasteiger partial charge in [0.25, 0.3) is 5.91 Å². The van der Waals surface area contributed by atoms with E-state index in [0.717, 1.165) is 35.3 Å². The molecule has 4 rings (SSSR count). The zero-order chi connectivity index (χ0) is 19.3. The highest BCUT2D eigenvalue weighted by Gasteiger charge is 2.20. The van der Waals surface area contributed by atoms with Gasteiger partial charge in [0, 0.05) is 18.8 Å². The number of carbonyl (C=O) groups is 1. The van der Waals surface area contributed by atoms with Crippen molar-refractivity contribution in [1.82, 2.24) is 19.9 Å². The van der Waals surface area contributed by atoms with Crippen LogP contribution in [0.2, 0.25) is 0 Å². The first kappa shape index (κ1) is 18.5. The number of pyridine rings is 1. The van der Waals surface area contributed by atoms with Gasteiger partial charge in [0.15, 0.2) is 5.65 Å². The summed E-state index contributed by atoms with van der Waals surface area (Å²) in [5.41, 5.74) is 3.37. The van der Waals surface area contributed by atoms with E-state index in [2.05, 4.69) is 25.9 Å². The molecule has 6 heteroatoms. The Morgan fingerprint density at radius 3 is 2.89 bits per heavy atom. The van der Waals surface area contributed by atoms with Gasteiger partial charge in [-0.05, 0) is 43.4 Å². The minimum absolute atomic E-state index is 0.107. The fraction of sp³-hybridized carbons (Fsp3) is 0.409. The summed E-state index contributed by atoms with van der Waals surface area (Å²) >= 11 is 0.